The van der Waals surface area contributed by atoms with Gasteiger partial charge in [0.15, 0.2) is 0 Å². The smallest absolute Gasteiger partial charge is 0.312 e. The number of carbonyl (C=O) groups excluding carboxylic acids is 1. The number of rotatable bonds is 4. The number of cyclic esters (lactones) is 1. The van der Waals surface area contributed by atoms with Crippen LogP contribution in [0.5, 0.6) is 0 Å². The Bertz CT molecular complexity index is 742. The largest absolute Gasteiger partial charge is 0.472 e. The van der Waals surface area contributed by atoms with Crippen LogP contribution in [0.15, 0.2) is 34.7 Å². The number of esters is 1. The number of hydrogen-bond acceptors (Lipinski definition) is 7. The molecule has 0 amide bonds. The van der Waals surface area contributed by atoms with Crippen LogP contribution in [0.3, 0.4) is 0 Å². The molecule has 7 atom stereocenters. The number of ether oxygens (including phenoxy) is 1. The molecule has 7 nitrogen and oxygen atoms in total. The van der Waals surface area contributed by atoms with E-state index in [4.69, 9.17) is 9.15 Å². The molecule has 1 aliphatic heterocycles. The Balaban J connectivity index is 1.83. The molecule has 4 N–H and O–H groups in total. The molecule has 1 aromatic heterocycles. The van der Waals surface area contributed by atoms with Crippen LogP contribution in [-0.2, 0) is 9.53 Å². The number of furan rings is 1. The summed E-state index contributed by atoms with van der Waals surface area (Å²) < 4.78 is 10.6. The van der Waals surface area contributed by atoms with Crippen molar-refractivity contribution in [2.75, 3.05) is 13.2 Å². The fourth-order valence-electron chi connectivity index (χ4n) is 5.83. The summed E-state index contributed by atoms with van der Waals surface area (Å²) in [5.74, 6) is -1.10. The zero-order valence-corrected chi connectivity index (χ0v) is 15.2. The van der Waals surface area contributed by atoms with E-state index in [9.17, 15) is 25.2 Å². The van der Waals surface area contributed by atoms with E-state index in [1.165, 1.54) is 12.5 Å². The van der Waals surface area contributed by atoms with Gasteiger partial charge in [-0.25, -0.2) is 0 Å². The lowest BCUT2D eigenvalue weighted by Gasteiger charge is -2.63. The highest BCUT2D eigenvalue weighted by molar-refractivity contribution is 5.80. The van der Waals surface area contributed by atoms with E-state index in [0.717, 1.165) is 0 Å². The van der Waals surface area contributed by atoms with Gasteiger partial charge in [-0.3, -0.25) is 4.79 Å². The van der Waals surface area contributed by atoms with Crippen LogP contribution in [0.4, 0.5) is 0 Å². The van der Waals surface area contributed by atoms with Gasteiger partial charge in [0, 0.05) is 5.56 Å². The number of carbonyl (C=O) groups is 1. The zero-order valence-electron chi connectivity index (χ0n) is 15.2. The molecule has 27 heavy (non-hydrogen) atoms. The molecule has 4 rings (SSSR count). The summed E-state index contributed by atoms with van der Waals surface area (Å²) in [6.45, 7) is 1.54. The van der Waals surface area contributed by atoms with E-state index < -0.39 is 41.0 Å². The SMILES string of the molecule is C[C@@H]1C[C@@H](O)[C@]23COC(=O)[C@@]1(C[C@H](O)c1ccoc1)[C@H]2C[C@H](O)C=C3CO. The molecule has 1 aromatic rings. The van der Waals surface area contributed by atoms with Crippen molar-refractivity contribution in [2.45, 2.75) is 44.5 Å². The van der Waals surface area contributed by atoms with E-state index in [2.05, 4.69) is 0 Å². The molecule has 0 spiro atoms. The van der Waals surface area contributed by atoms with Crippen molar-refractivity contribution in [1.82, 2.24) is 0 Å². The lowest BCUT2D eigenvalue weighted by atomic mass is 9.43. The van der Waals surface area contributed by atoms with Gasteiger partial charge >= 0.3 is 5.97 Å². The van der Waals surface area contributed by atoms with Crippen LogP contribution in [0, 0.1) is 22.7 Å². The fourth-order valence-corrected chi connectivity index (χ4v) is 5.83. The monoisotopic (exact) mass is 378 g/mol. The van der Waals surface area contributed by atoms with Gasteiger partial charge in [-0.2, -0.15) is 0 Å². The molecule has 0 unspecified atom stereocenters. The van der Waals surface area contributed by atoms with E-state index in [1.54, 1.807) is 12.1 Å². The maximum Gasteiger partial charge on any atom is 0.312 e. The summed E-state index contributed by atoms with van der Waals surface area (Å²) in [5.41, 5.74) is -0.907. The maximum absolute atomic E-state index is 13.1. The minimum atomic E-state index is -1.07. The molecule has 148 valence electrons. The molecule has 2 aliphatic carbocycles. The van der Waals surface area contributed by atoms with Gasteiger partial charge in [0.25, 0.3) is 0 Å². The van der Waals surface area contributed by atoms with E-state index >= 15 is 0 Å². The Morgan fingerprint density at radius 1 is 1.33 bits per heavy atom. The minimum Gasteiger partial charge on any atom is -0.472 e. The van der Waals surface area contributed by atoms with Crippen LogP contribution in [0.2, 0.25) is 0 Å². The van der Waals surface area contributed by atoms with Gasteiger partial charge in [-0.1, -0.05) is 13.0 Å². The highest BCUT2D eigenvalue weighted by Crippen LogP contribution is 2.65. The van der Waals surface area contributed by atoms with Crippen LogP contribution in [0.1, 0.15) is 37.9 Å². The first-order chi connectivity index (χ1) is 12.9. The molecule has 1 saturated heterocycles. The molecule has 2 fully saturated rings. The van der Waals surface area contributed by atoms with Gasteiger partial charge in [0.2, 0.25) is 0 Å². The summed E-state index contributed by atoms with van der Waals surface area (Å²) in [6, 6.07) is 1.65. The zero-order chi connectivity index (χ0) is 19.4. The van der Waals surface area contributed by atoms with Crippen molar-refractivity contribution in [3.8, 4) is 0 Å². The number of aliphatic hydroxyl groups is 4. The van der Waals surface area contributed by atoms with Gasteiger partial charge in [0.1, 0.15) is 6.61 Å². The normalized spacial score (nSPS) is 42.1. The highest BCUT2D eigenvalue weighted by atomic mass is 16.5. The van der Waals surface area contributed by atoms with Gasteiger partial charge < -0.3 is 29.6 Å². The van der Waals surface area contributed by atoms with Crippen molar-refractivity contribution < 1.29 is 34.4 Å². The first-order valence-corrected chi connectivity index (χ1v) is 9.41. The predicted octanol–water partition coefficient (Wildman–Crippen LogP) is 0.933. The molecule has 3 aliphatic rings. The standard InChI is InChI=1S/C20H26O7/c1-11-4-17(24)20-10-27-18(25)19(11,7-15(23)12-2-3-26-9-12)16(20)6-14(22)5-13(20)8-21/h2-3,5,9,11,14-17,21-24H,4,6-8,10H2,1H3/t11-,14-,15+,16-,17-,19-,20+/m1/s1. The third-order valence-corrected chi connectivity index (χ3v) is 7.21. The summed E-state index contributed by atoms with van der Waals surface area (Å²) in [7, 11) is 0. The quantitative estimate of drug-likeness (QED) is 0.454. The highest BCUT2D eigenvalue weighted by Gasteiger charge is 2.69. The Hall–Kier alpha value is -1.67. The third kappa shape index (κ3) is 2.45. The topological polar surface area (TPSA) is 120 Å². The van der Waals surface area contributed by atoms with Gasteiger partial charge in [-0.05, 0) is 42.7 Å². The maximum atomic E-state index is 13.1. The average Bonchev–Trinajstić information content (AvgIpc) is 3.17. The summed E-state index contributed by atoms with van der Waals surface area (Å²) in [5, 5.41) is 42.1. The fraction of sp³-hybridized carbons (Fsp3) is 0.650. The number of aliphatic hydroxyl groups excluding tert-OH is 4. The Kier molecular flexibility index (Phi) is 4.46. The molecular formula is C20H26O7. The van der Waals surface area contributed by atoms with Crippen molar-refractivity contribution in [1.29, 1.82) is 0 Å². The molecule has 2 heterocycles. The third-order valence-electron chi connectivity index (χ3n) is 7.21. The van der Waals surface area contributed by atoms with E-state index in [-0.39, 0.29) is 32.0 Å². The van der Waals surface area contributed by atoms with Crippen LogP contribution in [0.25, 0.3) is 0 Å². The van der Waals surface area contributed by atoms with Gasteiger partial charge in [-0.15, -0.1) is 0 Å². The Morgan fingerprint density at radius 2 is 2.11 bits per heavy atom. The lowest BCUT2D eigenvalue weighted by molar-refractivity contribution is -0.235. The van der Waals surface area contributed by atoms with Crippen molar-refractivity contribution >= 4 is 5.97 Å². The molecule has 7 heteroatoms. The molecular weight excluding hydrogens is 352 g/mol. The molecule has 0 radical (unpaired) electrons. The Labute approximate surface area is 157 Å². The molecule has 1 saturated carbocycles. The van der Waals surface area contributed by atoms with Crippen molar-refractivity contribution in [3.05, 3.63) is 35.8 Å². The lowest BCUT2D eigenvalue weighted by Crippen LogP contribution is -2.68. The van der Waals surface area contributed by atoms with E-state index in [0.29, 0.717) is 17.6 Å². The van der Waals surface area contributed by atoms with Gasteiger partial charge in [0.05, 0.1) is 48.3 Å². The predicted molar refractivity (Wildman–Crippen MR) is 93.2 cm³/mol. The van der Waals surface area contributed by atoms with Crippen molar-refractivity contribution in [3.63, 3.8) is 0 Å². The second-order valence-corrected chi connectivity index (χ2v) is 8.29. The first-order valence-electron chi connectivity index (χ1n) is 9.41. The minimum absolute atomic E-state index is 0.0208. The molecule has 0 aromatic carbocycles. The second-order valence-electron chi connectivity index (χ2n) is 8.29. The van der Waals surface area contributed by atoms with Crippen LogP contribution >= 0.6 is 0 Å². The summed E-state index contributed by atoms with van der Waals surface area (Å²) >= 11 is 0. The number of hydrogen-bond donors (Lipinski definition) is 4. The first kappa shape index (κ1) is 18.7. The van der Waals surface area contributed by atoms with Crippen LogP contribution in [-0.4, -0.2) is 51.8 Å². The summed E-state index contributed by atoms with van der Waals surface area (Å²) in [4.78, 5) is 13.1. The summed E-state index contributed by atoms with van der Waals surface area (Å²) in [6.07, 6.45) is 2.67. The van der Waals surface area contributed by atoms with E-state index in [1.807, 2.05) is 6.92 Å². The van der Waals surface area contributed by atoms with Crippen LogP contribution < -0.4 is 0 Å². The molecule has 2 bridgehead atoms. The Morgan fingerprint density at radius 3 is 2.78 bits per heavy atom. The second kappa shape index (κ2) is 6.44. The average molecular weight is 378 g/mol. The van der Waals surface area contributed by atoms with Crippen molar-refractivity contribution in [2.24, 2.45) is 22.7 Å².